The lowest BCUT2D eigenvalue weighted by molar-refractivity contribution is -0.564. The van der Waals surface area contributed by atoms with E-state index in [9.17, 15) is 14.9 Å². The summed E-state index contributed by atoms with van der Waals surface area (Å²) in [5.74, 6) is 5.89. The van der Waals surface area contributed by atoms with Gasteiger partial charge in [0.15, 0.2) is 0 Å². The zero-order valence-electron chi connectivity index (χ0n) is 19.2. The molecule has 0 heterocycles. The molecule has 176 valence electrons. The summed E-state index contributed by atoms with van der Waals surface area (Å²) in [6.07, 6.45) is 9.60. The lowest BCUT2D eigenvalue weighted by Gasteiger charge is -2.69. The predicted molar refractivity (Wildman–Crippen MR) is 119 cm³/mol. The lowest BCUT2D eigenvalue weighted by atomic mass is 9.35. The minimum atomic E-state index is -0.269. The van der Waals surface area contributed by atoms with Crippen LogP contribution in [0.3, 0.4) is 0 Å². The fourth-order valence-corrected chi connectivity index (χ4v) is 7.53. The largest absolute Gasteiger partial charge is 0.463 e. The number of allylic oxidation sites excluding steroid dienone is 1. The third kappa shape index (κ3) is 5.20. The second-order valence-corrected chi connectivity index (χ2v) is 9.15. The van der Waals surface area contributed by atoms with Crippen molar-refractivity contribution in [3.63, 3.8) is 0 Å². The van der Waals surface area contributed by atoms with Crippen LogP contribution < -0.4 is 0 Å². The van der Waals surface area contributed by atoms with Crippen molar-refractivity contribution in [1.82, 2.24) is 0 Å². The highest BCUT2D eigenvalue weighted by atomic mass is 17.1. The molecule has 5 unspecified atom stereocenters. The lowest BCUT2D eigenvalue weighted by Crippen LogP contribution is -2.68. The first kappa shape index (κ1) is 25.5. The Labute approximate surface area is 186 Å². The van der Waals surface area contributed by atoms with Gasteiger partial charge in [-0.15, -0.1) is 13.2 Å². The summed E-state index contributed by atoms with van der Waals surface area (Å²) in [5, 5.41) is 18.8. The first-order chi connectivity index (χ1) is 15.0. The fraction of sp³-hybridized carbons (Fsp3) is 0.792. The summed E-state index contributed by atoms with van der Waals surface area (Å²) in [5.41, 5.74) is 0. The summed E-state index contributed by atoms with van der Waals surface area (Å²) >= 11 is 0. The van der Waals surface area contributed by atoms with Crippen molar-refractivity contribution >= 4 is 5.97 Å². The molecule has 0 aromatic rings. The number of hydrogen-bond acceptors (Lipinski definition) is 6. The number of carbonyl (C=O) groups excluding carboxylic acids is 1. The molecule has 7 rings (SSSR count). The van der Waals surface area contributed by atoms with E-state index in [0.29, 0.717) is 25.0 Å². The van der Waals surface area contributed by atoms with Crippen molar-refractivity contribution in [2.45, 2.75) is 58.9 Å². The van der Waals surface area contributed by atoms with Gasteiger partial charge in [0.05, 0.1) is 13.2 Å². The van der Waals surface area contributed by atoms with E-state index >= 15 is 0 Å². The molecule has 0 aromatic heterocycles. The van der Waals surface area contributed by atoms with E-state index in [0.717, 1.165) is 35.5 Å². The molecule has 7 saturated carbocycles. The van der Waals surface area contributed by atoms with Gasteiger partial charge in [0, 0.05) is 22.8 Å². The van der Waals surface area contributed by atoms with E-state index in [2.05, 4.69) is 22.8 Å². The van der Waals surface area contributed by atoms with Crippen LogP contribution >= 0.6 is 0 Å². The van der Waals surface area contributed by atoms with E-state index < -0.39 is 0 Å². The molecule has 7 aliphatic rings. The molecule has 31 heavy (non-hydrogen) atoms. The Bertz CT molecular complexity index is 612. The van der Waals surface area contributed by atoms with Gasteiger partial charge >= 0.3 is 5.97 Å². The minimum absolute atomic E-state index is 0.101. The smallest absolute Gasteiger partial charge is 0.330 e. The van der Waals surface area contributed by atoms with Crippen LogP contribution in [0.2, 0.25) is 0 Å². The van der Waals surface area contributed by atoms with Crippen molar-refractivity contribution in [2.75, 3.05) is 13.2 Å². The minimum Gasteiger partial charge on any atom is -0.463 e. The fourth-order valence-electron chi connectivity index (χ4n) is 7.53. The number of nitro groups is 1. The van der Waals surface area contributed by atoms with Crippen LogP contribution in [0, 0.1) is 57.5 Å². The second kappa shape index (κ2) is 11.8. The highest BCUT2D eigenvalue weighted by Gasteiger charge is 2.69. The summed E-state index contributed by atoms with van der Waals surface area (Å²) in [4.78, 5) is 25.4. The Morgan fingerprint density at radius 2 is 1.52 bits per heavy atom. The van der Waals surface area contributed by atoms with E-state index in [1.165, 1.54) is 38.2 Å². The molecule has 7 aliphatic carbocycles. The van der Waals surface area contributed by atoms with Crippen molar-refractivity contribution in [2.24, 2.45) is 47.3 Å². The van der Waals surface area contributed by atoms with Crippen LogP contribution in [0.15, 0.2) is 25.3 Å². The normalized spacial score (nSPS) is 39.5. The third-order valence-electron chi connectivity index (χ3n) is 7.99. The maximum atomic E-state index is 11.4. The summed E-state index contributed by atoms with van der Waals surface area (Å²) < 4.78 is 4.56. The zero-order chi connectivity index (χ0) is 23.1. The quantitative estimate of drug-likeness (QED) is 0.166. The van der Waals surface area contributed by atoms with E-state index in [4.69, 9.17) is 5.26 Å². The number of ether oxygens (including phenoxy) is 1. The molecule has 7 fully saturated rings. The van der Waals surface area contributed by atoms with Crippen LogP contribution in [0.4, 0.5) is 0 Å². The number of hydrogen-bond donors (Lipinski definition) is 1. The Morgan fingerprint density at radius 3 is 1.94 bits per heavy atom. The molecule has 7 nitrogen and oxygen atoms in total. The standard InChI is InChI=1S/C14H19NO2.C6H10O2.C2H6O2.C2H4/c16-15(17)14-7-4-9-8-1-6-2-11(9)13(14)12(3-6)10(8)5-7;1-3-5-6(7)8-4-2;1-2-4-3;1-2/h6-14H,1-5H2;3,5H,4H2,1-2H3;3H,2H2,1H3;1-2H2. The molecule has 7 heteroatoms. The Kier molecular flexibility index (Phi) is 9.69. The van der Waals surface area contributed by atoms with Crippen LogP contribution in [-0.4, -0.2) is 35.4 Å². The molecule has 1 N–H and O–H groups in total. The molecule has 0 aromatic carbocycles. The highest BCUT2D eigenvalue weighted by molar-refractivity contribution is 5.81. The van der Waals surface area contributed by atoms with Crippen molar-refractivity contribution < 1.29 is 24.6 Å². The topological polar surface area (TPSA) is 98.9 Å². The summed E-state index contributed by atoms with van der Waals surface area (Å²) in [7, 11) is 0. The SMILES string of the molecule is C=C.CC=CC(=O)OCC.CCOO.O=[N+]([O-])C1C2CC3C4CC5CC3C1C(C5)C4C2. The summed E-state index contributed by atoms with van der Waals surface area (Å²) in [6, 6.07) is -0.155. The average molecular weight is 438 g/mol. The number of rotatable bonds is 4. The van der Waals surface area contributed by atoms with Crippen molar-refractivity contribution in [3.8, 4) is 0 Å². The number of nitrogens with zero attached hydrogens (tertiary/aromatic N) is 1. The monoisotopic (exact) mass is 437 g/mol. The van der Waals surface area contributed by atoms with Crippen LogP contribution in [0.1, 0.15) is 52.9 Å². The van der Waals surface area contributed by atoms with Gasteiger partial charge in [-0.3, -0.25) is 15.4 Å². The van der Waals surface area contributed by atoms with E-state index in [1.807, 2.05) is 0 Å². The summed E-state index contributed by atoms with van der Waals surface area (Å²) in [6.45, 7) is 12.1. The molecular weight excluding hydrogens is 398 g/mol. The molecule has 0 amide bonds. The molecule has 0 saturated heterocycles. The van der Waals surface area contributed by atoms with Gasteiger partial charge in [-0.05, 0) is 88.4 Å². The van der Waals surface area contributed by atoms with Crippen molar-refractivity contribution in [1.29, 1.82) is 0 Å². The molecule has 5 atom stereocenters. The molecule has 0 spiro atoms. The van der Waals surface area contributed by atoms with Gasteiger partial charge < -0.3 is 4.74 Å². The van der Waals surface area contributed by atoms with Gasteiger partial charge in [0.1, 0.15) is 0 Å². The van der Waals surface area contributed by atoms with Crippen LogP contribution in [-0.2, 0) is 14.4 Å². The van der Waals surface area contributed by atoms with Crippen molar-refractivity contribution in [3.05, 3.63) is 35.4 Å². The predicted octanol–water partition coefficient (Wildman–Crippen LogP) is 5.00. The van der Waals surface area contributed by atoms with Gasteiger partial charge in [-0.2, -0.15) is 0 Å². The zero-order valence-corrected chi connectivity index (χ0v) is 19.2. The average Bonchev–Trinajstić information content (AvgIpc) is 2.78. The maximum absolute atomic E-state index is 11.4. The van der Waals surface area contributed by atoms with Gasteiger partial charge in [0.2, 0.25) is 6.04 Å². The van der Waals surface area contributed by atoms with Gasteiger partial charge in [-0.1, -0.05) is 6.08 Å². The Hall–Kier alpha value is -1.73. The van der Waals surface area contributed by atoms with Gasteiger partial charge in [-0.25, -0.2) is 9.68 Å². The van der Waals surface area contributed by atoms with Crippen LogP contribution in [0.25, 0.3) is 0 Å². The number of carbonyl (C=O) groups is 1. The first-order valence-corrected chi connectivity index (χ1v) is 11.7. The van der Waals surface area contributed by atoms with E-state index in [1.54, 1.807) is 26.8 Å². The Balaban J connectivity index is 0.000000208. The number of esters is 1. The Morgan fingerprint density at radius 1 is 1.03 bits per heavy atom. The first-order valence-electron chi connectivity index (χ1n) is 11.7. The molecule has 0 aliphatic heterocycles. The second-order valence-electron chi connectivity index (χ2n) is 9.15. The van der Waals surface area contributed by atoms with Crippen LogP contribution in [0.5, 0.6) is 0 Å². The van der Waals surface area contributed by atoms with E-state index in [-0.39, 0.29) is 16.9 Å². The molecule has 0 radical (unpaired) electrons. The molecular formula is C24H39NO6. The van der Waals surface area contributed by atoms with Gasteiger partial charge in [0.25, 0.3) is 0 Å². The maximum Gasteiger partial charge on any atom is 0.330 e. The highest BCUT2D eigenvalue weighted by Crippen LogP contribution is 2.71. The third-order valence-corrected chi connectivity index (χ3v) is 7.99. The molecule has 8 bridgehead atoms.